The third-order valence-electron chi connectivity index (χ3n) is 2.63. The second kappa shape index (κ2) is 6.32. The average Bonchev–Trinajstić information content (AvgIpc) is 2.31. The summed E-state index contributed by atoms with van der Waals surface area (Å²) in [5.41, 5.74) is 2.26. The lowest BCUT2D eigenvalue weighted by Crippen LogP contribution is -2.35. The van der Waals surface area contributed by atoms with Crippen molar-refractivity contribution in [1.29, 1.82) is 0 Å². The first-order valence-electron chi connectivity index (χ1n) is 5.24. The van der Waals surface area contributed by atoms with Crippen LogP contribution in [0, 0.1) is 12.3 Å². The van der Waals surface area contributed by atoms with Crippen LogP contribution in [0.25, 0.3) is 0 Å². The normalized spacial score (nSPS) is 16.2. The summed E-state index contributed by atoms with van der Waals surface area (Å²) in [5.74, 6) is 2.62. The minimum atomic E-state index is 0. The van der Waals surface area contributed by atoms with Gasteiger partial charge in [0.1, 0.15) is 0 Å². The van der Waals surface area contributed by atoms with Crippen LogP contribution in [0.3, 0.4) is 0 Å². The molecule has 1 aromatic carbocycles. The molecule has 0 bridgehead atoms. The van der Waals surface area contributed by atoms with Gasteiger partial charge in [0.15, 0.2) is 0 Å². The molecule has 0 atom stereocenters. The predicted octanol–water partition coefficient (Wildman–Crippen LogP) is 2.14. The van der Waals surface area contributed by atoms with Crippen molar-refractivity contribution in [2.24, 2.45) is 0 Å². The summed E-state index contributed by atoms with van der Waals surface area (Å²) in [6.07, 6.45) is 5.31. The van der Waals surface area contributed by atoms with Gasteiger partial charge in [-0.25, -0.2) is 0 Å². The van der Waals surface area contributed by atoms with Crippen LogP contribution < -0.4 is 0 Å². The van der Waals surface area contributed by atoms with Crippen molar-refractivity contribution in [1.82, 2.24) is 4.90 Å². The quantitative estimate of drug-likeness (QED) is 0.704. The van der Waals surface area contributed by atoms with E-state index in [1.54, 1.807) is 0 Å². The Labute approximate surface area is 98.2 Å². The summed E-state index contributed by atoms with van der Waals surface area (Å²) < 4.78 is 5.31. The van der Waals surface area contributed by atoms with Gasteiger partial charge in [0.2, 0.25) is 0 Å². The second-order valence-corrected chi connectivity index (χ2v) is 3.73. The lowest BCUT2D eigenvalue weighted by Gasteiger charge is -2.26. The van der Waals surface area contributed by atoms with Crippen LogP contribution in [0.15, 0.2) is 24.3 Å². The van der Waals surface area contributed by atoms with E-state index >= 15 is 0 Å². The number of hydrogen-bond acceptors (Lipinski definition) is 2. The maximum atomic E-state index is 5.31. The summed E-state index contributed by atoms with van der Waals surface area (Å²) in [6.45, 7) is 4.74. The maximum Gasteiger partial charge on any atom is 0.0594 e. The first-order valence-corrected chi connectivity index (χ1v) is 5.24. The molecular weight excluding hydrogens is 198 g/mol. The molecule has 0 saturated carbocycles. The molecule has 0 N–H and O–H groups in total. The third kappa shape index (κ3) is 3.37. The molecule has 2 nitrogen and oxygen atoms in total. The molecule has 0 spiro atoms. The van der Waals surface area contributed by atoms with E-state index in [9.17, 15) is 0 Å². The van der Waals surface area contributed by atoms with Crippen LogP contribution in [0.2, 0.25) is 0 Å². The number of hydrogen-bond donors (Lipinski definition) is 0. The van der Waals surface area contributed by atoms with E-state index in [0.717, 1.165) is 38.4 Å². The highest BCUT2D eigenvalue weighted by molar-refractivity contribution is 5.34. The number of morpholine rings is 1. The van der Waals surface area contributed by atoms with Crippen molar-refractivity contribution >= 4 is 0 Å². The zero-order chi connectivity index (χ0) is 10.5. The molecule has 1 fully saturated rings. The molecule has 1 saturated heterocycles. The Morgan fingerprint density at radius 1 is 1.19 bits per heavy atom. The predicted molar refractivity (Wildman–Crippen MR) is 67.2 cm³/mol. The number of rotatable bonds is 2. The number of benzene rings is 1. The van der Waals surface area contributed by atoms with Crippen molar-refractivity contribution in [3.8, 4) is 12.3 Å². The minimum absolute atomic E-state index is 0. The fourth-order valence-corrected chi connectivity index (χ4v) is 1.72. The van der Waals surface area contributed by atoms with Crippen LogP contribution in [0.5, 0.6) is 0 Å². The molecular formula is C14H19NO. The lowest BCUT2D eigenvalue weighted by molar-refractivity contribution is 0.0342. The number of nitrogens with zero attached hydrogens (tertiary/aromatic N) is 1. The number of ether oxygens (including phenoxy) is 1. The maximum absolute atomic E-state index is 5.31. The Hall–Kier alpha value is -1.30. The largest absolute Gasteiger partial charge is 0.379 e. The van der Waals surface area contributed by atoms with Crippen molar-refractivity contribution < 1.29 is 4.74 Å². The van der Waals surface area contributed by atoms with Crippen molar-refractivity contribution in [2.45, 2.75) is 14.0 Å². The zero-order valence-electron chi connectivity index (χ0n) is 8.78. The molecule has 1 aliphatic rings. The summed E-state index contributed by atoms with van der Waals surface area (Å²) in [7, 11) is 0. The SMILES string of the molecule is C.C#Cc1ccc(CN2CCOCC2)cc1. The van der Waals surface area contributed by atoms with Gasteiger partial charge in [-0.15, -0.1) is 6.42 Å². The Morgan fingerprint density at radius 3 is 2.38 bits per heavy atom. The van der Waals surface area contributed by atoms with Crippen LogP contribution in [0.1, 0.15) is 18.6 Å². The van der Waals surface area contributed by atoms with E-state index in [0.29, 0.717) is 0 Å². The molecule has 1 aliphatic heterocycles. The minimum Gasteiger partial charge on any atom is -0.379 e. The van der Waals surface area contributed by atoms with Crippen molar-refractivity contribution in [3.05, 3.63) is 35.4 Å². The van der Waals surface area contributed by atoms with Gasteiger partial charge in [-0.05, 0) is 17.7 Å². The van der Waals surface area contributed by atoms with Gasteiger partial charge in [0.25, 0.3) is 0 Å². The van der Waals surface area contributed by atoms with E-state index in [4.69, 9.17) is 11.2 Å². The third-order valence-corrected chi connectivity index (χ3v) is 2.63. The Balaban J connectivity index is 0.00000128. The van der Waals surface area contributed by atoms with Crippen LogP contribution >= 0.6 is 0 Å². The molecule has 16 heavy (non-hydrogen) atoms. The van der Waals surface area contributed by atoms with Crippen molar-refractivity contribution in [2.75, 3.05) is 26.3 Å². The molecule has 0 amide bonds. The Morgan fingerprint density at radius 2 is 1.81 bits per heavy atom. The van der Waals surface area contributed by atoms with Gasteiger partial charge in [0, 0.05) is 25.2 Å². The van der Waals surface area contributed by atoms with Crippen LogP contribution in [0.4, 0.5) is 0 Å². The summed E-state index contributed by atoms with van der Waals surface area (Å²) >= 11 is 0. The highest BCUT2D eigenvalue weighted by Crippen LogP contribution is 2.08. The van der Waals surface area contributed by atoms with Crippen LogP contribution in [-0.2, 0) is 11.3 Å². The van der Waals surface area contributed by atoms with Gasteiger partial charge in [-0.2, -0.15) is 0 Å². The average molecular weight is 217 g/mol. The van der Waals surface area contributed by atoms with Gasteiger partial charge < -0.3 is 4.74 Å². The topological polar surface area (TPSA) is 12.5 Å². The molecule has 0 aliphatic carbocycles. The van der Waals surface area contributed by atoms with E-state index in [1.165, 1.54) is 5.56 Å². The summed E-state index contributed by atoms with van der Waals surface area (Å²) in [4.78, 5) is 2.40. The molecule has 0 radical (unpaired) electrons. The Bertz CT molecular complexity index is 344. The summed E-state index contributed by atoms with van der Waals surface area (Å²) in [6, 6.07) is 8.20. The van der Waals surface area contributed by atoms with E-state index in [2.05, 4.69) is 23.0 Å². The fourth-order valence-electron chi connectivity index (χ4n) is 1.72. The smallest absolute Gasteiger partial charge is 0.0594 e. The monoisotopic (exact) mass is 217 g/mol. The molecule has 86 valence electrons. The molecule has 2 rings (SSSR count). The van der Waals surface area contributed by atoms with E-state index < -0.39 is 0 Å². The zero-order valence-corrected chi connectivity index (χ0v) is 8.78. The summed E-state index contributed by atoms with van der Waals surface area (Å²) in [5, 5.41) is 0. The second-order valence-electron chi connectivity index (χ2n) is 3.73. The highest BCUT2D eigenvalue weighted by atomic mass is 16.5. The van der Waals surface area contributed by atoms with Gasteiger partial charge >= 0.3 is 0 Å². The van der Waals surface area contributed by atoms with Gasteiger partial charge in [-0.1, -0.05) is 25.5 Å². The lowest BCUT2D eigenvalue weighted by atomic mass is 10.1. The van der Waals surface area contributed by atoms with Gasteiger partial charge in [0.05, 0.1) is 13.2 Å². The van der Waals surface area contributed by atoms with E-state index in [1.807, 2.05) is 12.1 Å². The van der Waals surface area contributed by atoms with Crippen LogP contribution in [-0.4, -0.2) is 31.2 Å². The Kier molecular flexibility index (Phi) is 5.04. The molecule has 0 aromatic heterocycles. The standard InChI is InChI=1S/C13H15NO.CH4/c1-2-12-3-5-13(6-4-12)11-14-7-9-15-10-8-14;/h1,3-6H,7-11H2;1H4. The molecule has 1 heterocycles. The highest BCUT2D eigenvalue weighted by Gasteiger charge is 2.09. The number of terminal acetylenes is 1. The van der Waals surface area contributed by atoms with E-state index in [-0.39, 0.29) is 7.43 Å². The molecule has 0 unspecified atom stereocenters. The van der Waals surface area contributed by atoms with Crippen molar-refractivity contribution in [3.63, 3.8) is 0 Å². The first-order chi connectivity index (χ1) is 7.38. The molecule has 1 aromatic rings. The fraction of sp³-hybridized carbons (Fsp3) is 0.429. The molecule has 2 heteroatoms. The van der Waals surface area contributed by atoms with Gasteiger partial charge in [-0.3, -0.25) is 4.90 Å². The first kappa shape index (κ1) is 12.8.